The van der Waals surface area contributed by atoms with Gasteiger partial charge in [0.05, 0.1) is 12.2 Å². The van der Waals surface area contributed by atoms with Crippen molar-refractivity contribution in [2.75, 3.05) is 26.2 Å². The van der Waals surface area contributed by atoms with E-state index in [1.54, 1.807) is 0 Å². The van der Waals surface area contributed by atoms with E-state index in [0.29, 0.717) is 18.5 Å². The molecule has 0 amide bonds. The first-order valence-electron chi connectivity index (χ1n) is 6.71. The minimum absolute atomic E-state index is 0.416. The summed E-state index contributed by atoms with van der Waals surface area (Å²) in [5, 5.41) is 4.50. The number of hydrogen-bond donors (Lipinski definition) is 1. The molecule has 0 spiro atoms. The van der Waals surface area contributed by atoms with Gasteiger partial charge in [0.25, 0.3) is 0 Å². The van der Waals surface area contributed by atoms with E-state index >= 15 is 0 Å². The highest BCUT2D eigenvalue weighted by Gasteiger charge is 2.20. The van der Waals surface area contributed by atoms with Gasteiger partial charge in [0.1, 0.15) is 0 Å². The van der Waals surface area contributed by atoms with E-state index in [1.807, 2.05) is 6.20 Å². The number of hydrogen-bond acceptors (Lipinski definition) is 3. The van der Waals surface area contributed by atoms with Crippen LogP contribution in [0, 0.1) is 0 Å². The van der Waals surface area contributed by atoms with Crippen LogP contribution >= 0.6 is 0 Å². The van der Waals surface area contributed by atoms with Crippen LogP contribution in [0.4, 0.5) is 0 Å². The van der Waals surface area contributed by atoms with Crippen LogP contribution in [0.25, 0.3) is 0 Å². The van der Waals surface area contributed by atoms with Gasteiger partial charge in [0, 0.05) is 19.3 Å². The summed E-state index contributed by atoms with van der Waals surface area (Å²) in [6.07, 6.45) is 6.59. The second kappa shape index (κ2) is 5.65. The van der Waals surface area contributed by atoms with E-state index in [4.69, 9.17) is 5.73 Å². The summed E-state index contributed by atoms with van der Waals surface area (Å²) in [6.45, 7) is 8.64. The third-order valence-electron chi connectivity index (χ3n) is 3.92. The Morgan fingerprint density at radius 2 is 2.18 bits per heavy atom. The molecule has 1 saturated heterocycles. The predicted octanol–water partition coefficient (Wildman–Crippen LogP) is 1.60. The van der Waals surface area contributed by atoms with Crippen molar-refractivity contribution in [3.63, 3.8) is 0 Å². The molecule has 96 valence electrons. The zero-order chi connectivity index (χ0) is 12.3. The second-order valence-electron chi connectivity index (χ2n) is 5.06. The van der Waals surface area contributed by atoms with E-state index in [1.165, 1.54) is 38.0 Å². The summed E-state index contributed by atoms with van der Waals surface area (Å²) < 4.78 is 2.15. The van der Waals surface area contributed by atoms with Gasteiger partial charge in [-0.1, -0.05) is 13.8 Å². The van der Waals surface area contributed by atoms with Crippen molar-refractivity contribution in [2.24, 2.45) is 5.73 Å². The van der Waals surface area contributed by atoms with Gasteiger partial charge in [0.2, 0.25) is 0 Å². The molecule has 1 aromatic rings. The summed E-state index contributed by atoms with van der Waals surface area (Å²) in [4.78, 5) is 2.50. The van der Waals surface area contributed by atoms with Crippen molar-refractivity contribution in [1.82, 2.24) is 14.7 Å². The Morgan fingerprint density at radius 3 is 2.76 bits per heavy atom. The molecule has 1 atom stereocenters. The van der Waals surface area contributed by atoms with Crippen LogP contribution < -0.4 is 5.73 Å². The summed E-state index contributed by atoms with van der Waals surface area (Å²) in [5.74, 6) is 0.416. The lowest BCUT2D eigenvalue weighted by molar-refractivity contribution is 0.187. The molecular formula is C13H24N4. The van der Waals surface area contributed by atoms with E-state index < -0.39 is 0 Å². The Morgan fingerprint density at radius 1 is 1.47 bits per heavy atom. The first-order chi connectivity index (χ1) is 8.24. The number of likely N-dealkylation sites (tertiary alicyclic amines) is 1. The Kier molecular flexibility index (Phi) is 4.18. The Hall–Kier alpha value is -0.870. The topological polar surface area (TPSA) is 47.1 Å². The smallest absolute Gasteiger partial charge is 0.0543 e. The Balaban J connectivity index is 1.97. The lowest BCUT2D eigenvalue weighted by Crippen LogP contribution is -2.34. The standard InChI is InChI=1S/C13H24N4/c1-3-16-6-4-13(5-7-16)17-10-12(9-15-17)11(2)8-14/h9-11,13H,3-8,14H2,1-2H3. The zero-order valence-corrected chi connectivity index (χ0v) is 11.0. The van der Waals surface area contributed by atoms with Crippen LogP contribution in [0.5, 0.6) is 0 Å². The summed E-state index contributed by atoms with van der Waals surface area (Å²) in [6, 6.07) is 0.580. The normalized spacial score (nSPS) is 20.6. The monoisotopic (exact) mass is 236 g/mol. The molecule has 4 heteroatoms. The molecule has 0 aromatic carbocycles. The largest absolute Gasteiger partial charge is 0.330 e. The van der Waals surface area contributed by atoms with Crippen molar-refractivity contribution in [3.8, 4) is 0 Å². The van der Waals surface area contributed by atoms with Gasteiger partial charge >= 0.3 is 0 Å². The van der Waals surface area contributed by atoms with Crippen LogP contribution in [-0.2, 0) is 0 Å². The zero-order valence-electron chi connectivity index (χ0n) is 11.0. The molecule has 0 aliphatic carbocycles. The molecule has 2 rings (SSSR count). The van der Waals surface area contributed by atoms with E-state index in [-0.39, 0.29) is 0 Å². The fraction of sp³-hybridized carbons (Fsp3) is 0.769. The predicted molar refractivity (Wildman–Crippen MR) is 70.1 cm³/mol. The summed E-state index contributed by atoms with van der Waals surface area (Å²) in [7, 11) is 0. The van der Waals surface area contributed by atoms with Gasteiger partial charge in [-0.25, -0.2) is 0 Å². The molecule has 0 bridgehead atoms. The second-order valence-corrected chi connectivity index (χ2v) is 5.06. The fourth-order valence-electron chi connectivity index (χ4n) is 2.44. The van der Waals surface area contributed by atoms with Gasteiger partial charge in [0.15, 0.2) is 0 Å². The van der Waals surface area contributed by atoms with Crippen molar-refractivity contribution in [1.29, 1.82) is 0 Å². The molecule has 1 aliphatic heterocycles. The van der Waals surface area contributed by atoms with Crippen LogP contribution in [0.2, 0.25) is 0 Å². The average Bonchev–Trinajstić information content (AvgIpc) is 2.87. The maximum absolute atomic E-state index is 5.68. The van der Waals surface area contributed by atoms with Gasteiger partial charge < -0.3 is 10.6 Å². The molecule has 2 heterocycles. The van der Waals surface area contributed by atoms with E-state index in [0.717, 1.165) is 0 Å². The number of rotatable bonds is 4. The number of aromatic nitrogens is 2. The minimum Gasteiger partial charge on any atom is -0.330 e. The molecule has 1 unspecified atom stereocenters. The van der Waals surface area contributed by atoms with Gasteiger partial charge in [-0.3, -0.25) is 4.68 Å². The summed E-state index contributed by atoms with van der Waals surface area (Å²) >= 11 is 0. The molecule has 2 N–H and O–H groups in total. The molecular weight excluding hydrogens is 212 g/mol. The quantitative estimate of drug-likeness (QED) is 0.864. The summed E-state index contributed by atoms with van der Waals surface area (Å²) in [5.41, 5.74) is 6.95. The van der Waals surface area contributed by atoms with Crippen molar-refractivity contribution in [3.05, 3.63) is 18.0 Å². The maximum Gasteiger partial charge on any atom is 0.0543 e. The van der Waals surface area contributed by atoms with Crippen molar-refractivity contribution in [2.45, 2.75) is 38.6 Å². The van der Waals surface area contributed by atoms with Crippen LogP contribution in [-0.4, -0.2) is 40.9 Å². The first-order valence-corrected chi connectivity index (χ1v) is 6.71. The fourth-order valence-corrected chi connectivity index (χ4v) is 2.44. The molecule has 0 radical (unpaired) electrons. The number of nitrogens with zero attached hydrogens (tertiary/aromatic N) is 3. The highest BCUT2D eigenvalue weighted by atomic mass is 15.3. The molecule has 17 heavy (non-hydrogen) atoms. The van der Waals surface area contributed by atoms with Gasteiger partial charge in [-0.2, -0.15) is 5.10 Å². The highest BCUT2D eigenvalue weighted by molar-refractivity contribution is 5.11. The van der Waals surface area contributed by atoms with Gasteiger partial charge in [-0.15, -0.1) is 0 Å². The first kappa shape index (κ1) is 12.6. The number of piperidine rings is 1. The van der Waals surface area contributed by atoms with Crippen molar-refractivity contribution < 1.29 is 0 Å². The van der Waals surface area contributed by atoms with Crippen LogP contribution in [0.3, 0.4) is 0 Å². The molecule has 4 nitrogen and oxygen atoms in total. The minimum atomic E-state index is 0.416. The van der Waals surface area contributed by atoms with E-state index in [2.05, 4.69) is 34.7 Å². The van der Waals surface area contributed by atoms with Crippen molar-refractivity contribution >= 4 is 0 Å². The van der Waals surface area contributed by atoms with E-state index in [9.17, 15) is 0 Å². The third kappa shape index (κ3) is 2.87. The molecule has 1 fully saturated rings. The molecule has 1 aliphatic rings. The third-order valence-corrected chi connectivity index (χ3v) is 3.92. The average molecular weight is 236 g/mol. The SMILES string of the molecule is CCN1CCC(n2cc(C(C)CN)cn2)CC1. The van der Waals surface area contributed by atoms with Crippen LogP contribution in [0.1, 0.15) is 44.2 Å². The Bertz CT molecular complexity index is 339. The molecule has 1 aromatic heterocycles. The van der Waals surface area contributed by atoms with Gasteiger partial charge in [-0.05, 0) is 37.4 Å². The Labute approximate surface area is 104 Å². The highest BCUT2D eigenvalue weighted by Crippen LogP contribution is 2.23. The molecule has 0 saturated carbocycles. The number of nitrogens with two attached hydrogens (primary N) is 1. The lowest BCUT2D eigenvalue weighted by Gasteiger charge is -2.31. The lowest BCUT2D eigenvalue weighted by atomic mass is 10.0. The maximum atomic E-state index is 5.68. The van der Waals surface area contributed by atoms with Crippen LogP contribution in [0.15, 0.2) is 12.4 Å².